The lowest BCUT2D eigenvalue weighted by molar-refractivity contribution is 0.121. The fourth-order valence-corrected chi connectivity index (χ4v) is 4.27. The Hall–Kier alpha value is -0.340. The highest BCUT2D eigenvalue weighted by molar-refractivity contribution is 4.90. The van der Waals surface area contributed by atoms with Crippen LogP contribution in [0, 0.1) is 17.8 Å². The van der Waals surface area contributed by atoms with E-state index in [0.29, 0.717) is 0 Å². The summed E-state index contributed by atoms with van der Waals surface area (Å²) in [5, 5.41) is 3.42. The van der Waals surface area contributed by atoms with Crippen LogP contribution in [-0.4, -0.2) is 37.1 Å². The number of piperidine rings is 1. The van der Waals surface area contributed by atoms with Crippen molar-refractivity contribution >= 4 is 0 Å². The number of hydrogen-bond donors (Lipinski definition) is 1. The summed E-state index contributed by atoms with van der Waals surface area (Å²) in [6.45, 7) is 20.5. The van der Waals surface area contributed by atoms with Crippen LogP contribution in [0.2, 0.25) is 0 Å². The van der Waals surface area contributed by atoms with E-state index in [0.717, 1.165) is 23.8 Å². The minimum absolute atomic E-state index is 0.882. The Kier molecular flexibility index (Phi) is 15.9. The quantitative estimate of drug-likeness (QED) is 0.362. The molecule has 30 heavy (non-hydrogen) atoms. The molecule has 2 nitrogen and oxygen atoms in total. The maximum Gasteiger partial charge on any atom is 0.00954 e. The van der Waals surface area contributed by atoms with Crippen LogP contribution in [0.5, 0.6) is 0 Å². The lowest BCUT2D eigenvalue weighted by Gasteiger charge is -2.38. The highest BCUT2D eigenvalue weighted by Crippen LogP contribution is 2.26. The molecule has 1 heterocycles. The third-order valence-electron chi connectivity index (χ3n) is 7.65. The predicted octanol–water partition coefficient (Wildman–Crippen LogP) is 7.84. The molecule has 3 aliphatic rings. The summed E-state index contributed by atoms with van der Waals surface area (Å²) in [7, 11) is 0. The summed E-state index contributed by atoms with van der Waals surface area (Å²) < 4.78 is 0. The molecule has 0 radical (unpaired) electrons. The van der Waals surface area contributed by atoms with Crippen molar-refractivity contribution in [3.05, 3.63) is 12.2 Å². The lowest BCUT2D eigenvalue weighted by Crippen LogP contribution is -2.41. The smallest absolute Gasteiger partial charge is 0.00954 e. The Bertz CT molecular complexity index is 405. The van der Waals surface area contributed by atoms with E-state index in [9.17, 15) is 0 Å². The van der Waals surface area contributed by atoms with Crippen molar-refractivity contribution in [2.24, 2.45) is 17.8 Å². The van der Waals surface area contributed by atoms with Crippen LogP contribution < -0.4 is 5.32 Å². The summed E-state index contributed by atoms with van der Waals surface area (Å²) in [5.41, 5.74) is 1.33. The summed E-state index contributed by atoms with van der Waals surface area (Å²) in [4.78, 5) is 2.71. The summed E-state index contributed by atoms with van der Waals surface area (Å²) in [6, 6.07) is 0.892. The highest BCUT2D eigenvalue weighted by atomic mass is 15.2. The molecule has 0 aromatic carbocycles. The van der Waals surface area contributed by atoms with Crippen molar-refractivity contribution in [2.45, 2.75) is 124 Å². The van der Waals surface area contributed by atoms with E-state index in [-0.39, 0.29) is 0 Å². The fraction of sp³-hybridized carbons (Fsp3) is 0.929. The maximum absolute atomic E-state index is 4.02. The second-order valence-corrected chi connectivity index (χ2v) is 10.6. The van der Waals surface area contributed by atoms with Crippen LogP contribution in [0.3, 0.4) is 0 Å². The molecule has 1 saturated heterocycles. The van der Waals surface area contributed by atoms with Gasteiger partial charge in [0, 0.05) is 12.6 Å². The van der Waals surface area contributed by atoms with Gasteiger partial charge in [0.2, 0.25) is 0 Å². The molecule has 3 atom stereocenters. The maximum atomic E-state index is 4.02. The normalized spacial score (nSPS) is 24.5. The molecular formula is C28H56N2. The van der Waals surface area contributed by atoms with Crippen LogP contribution >= 0.6 is 0 Å². The fourth-order valence-electron chi connectivity index (χ4n) is 4.27. The van der Waals surface area contributed by atoms with E-state index in [1.165, 1.54) is 115 Å². The second-order valence-electron chi connectivity index (χ2n) is 10.6. The summed E-state index contributed by atoms with van der Waals surface area (Å²) in [6.07, 6.45) is 18.3. The first kappa shape index (κ1) is 27.7. The first-order valence-corrected chi connectivity index (χ1v) is 13.6. The summed E-state index contributed by atoms with van der Waals surface area (Å²) in [5.74, 6) is 2.80. The Morgan fingerprint density at radius 2 is 1.70 bits per heavy atom. The Morgan fingerprint density at radius 1 is 1.03 bits per heavy atom. The molecule has 0 amide bonds. The van der Waals surface area contributed by atoms with Crippen LogP contribution in [0.4, 0.5) is 0 Å². The molecular weight excluding hydrogens is 364 g/mol. The SMILES string of the molecule is C1CCC1.C=C(C)CCN(CCC(C)CC)C1CCC1.CCCC1CCNCC1C. The minimum Gasteiger partial charge on any atom is -0.316 e. The molecule has 0 aromatic rings. The van der Waals surface area contributed by atoms with Crippen LogP contribution in [-0.2, 0) is 0 Å². The van der Waals surface area contributed by atoms with Gasteiger partial charge in [0.1, 0.15) is 0 Å². The number of nitrogens with one attached hydrogen (secondary N) is 1. The van der Waals surface area contributed by atoms with E-state index in [2.05, 4.69) is 51.4 Å². The van der Waals surface area contributed by atoms with Gasteiger partial charge in [-0.25, -0.2) is 0 Å². The van der Waals surface area contributed by atoms with Gasteiger partial charge in [0.25, 0.3) is 0 Å². The summed E-state index contributed by atoms with van der Waals surface area (Å²) >= 11 is 0. The molecule has 2 aliphatic carbocycles. The van der Waals surface area contributed by atoms with Gasteiger partial charge in [-0.3, -0.25) is 0 Å². The highest BCUT2D eigenvalue weighted by Gasteiger charge is 2.24. The van der Waals surface area contributed by atoms with Gasteiger partial charge in [0.15, 0.2) is 0 Å². The molecule has 178 valence electrons. The van der Waals surface area contributed by atoms with Gasteiger partial charge in [-0.1, -0.05) is 84.6 Å². The largest absolute Gasteiger partial charge is 0.316 e. The Morgan fingerprint density at radius 3 is 2.13 bits per heavy atom. The zero-order valence-corrected chi connectivity index (χ0v) is 21.5. The van der Waals surface area contributed by atoms with Crippen molar-refractivity contribution in [3.8, 4) is 0 Å². The van der Waals surface area contributed by atoms with Gasteiger partial charge in [0.05, 0.1) is 0 Å². The van der Waals surface area contributed by atoms with Crippen molar-refractivity contribution in [1.29, 1.82) is 0 Å². The van der Waals surface area contributed by atoms with Crippen molar-refractivity contribution in [2.75, 3.05) is 26.2 Å². The van der Waals surface area contributed by atoms with Crippen molar-refractivity contribution in [3.63, 3.8) is 0 Å². The van der Waals surface area contributed by atoms with Crippen LogP contribution in [0.15, 0.2) is 12.2 Å². The minimum atomic E-state index is 0.882. The topological polar surface area (TPSA) is 15.3 Å². The van der Waals surface area contributed by atoms with Gasteiger partial charge in [-0.15, -0.1) is 6.58 Å². The molecule has 2 heteroatoms. The third-order valence-corrected chi connectivity index (χ3v) is 7.65. The molecule has 3 rings (SSSR count). The molecule has 1 N–H and O–H groups in total. The molecule has 1 aliphatic heterocycles. The third kappa shape index (κ3) is 12.5. The number of hydrogen-bond acceptors (Lipinski definition) is 2. The van der Waals surface area contributed by atoms with Gasteiger partial charge in [-0.05, 0) is 76.4 Å². The average molecular weight is 421 g/mol. The molecule has 3 fully saturated rings. The predicted molar refractivity (Wildman–Crippen MR) is 136 cm³/mol. The standard InChI is InChI=1S/C15H29N.C9H19N.C4H8/c1-5-14(4)10-12-16(11-9-13(2)3)15-7-6-8-15;1-3-4-9-5-6-10-7-8(9)2;1-2-4-3-1/h14-15H,2,5-12H2,1,3-4H3;8-10H,3-7H2,1-2H3;1-4H2. The Balaban J connectivity index is 0.000000270. The van der Waals surface area contributed by atoms with Crippen molar-refractivity contribution in [1.82, 2.24) is 10.2 Å². The van der Waals surface area contributed by atoms with Gasteiger partial charge >= 0.3 is 0 Å². The van der Waals surface area contributed by atoms with E-state index in [1.54, 1.807) is 0 Å². The van der Waals surface area contributed by atoms with Crippen LogP contribution in [0.25, 0.3) is 0 Å². The van der Waals surface area contributed by atoms with Gasteiger partial charge < -0.3 is 10.2 Å². The van der Waals surface area contributed by atoms with E-state index >= 15 is 0 Å². The lowest BCUT2D eigenvalue weighted by atomic mass is 9.85. The molecule has 3 unspecified atom stereocenters. The average Bonchev–Trinajstić information content (AvgIpc) is 2.63. The van der Waals surface area contributed by atoms with E-state index in [1.807, 2.05) is 0 Å². The Labute approximate surface area is 190 Å². The molecule has 0 spiro atoms. The monoisotopic (exact) mass is 420 g/mol. The molecule has 0 bridgehead atoms. The number of rotatable bonds is 10. The zero-order chi connectivity index (χ0) is 22.2. The first-order valence-electron chi connectivity index (χ1n) is 13.6. The first-order chi connectivity index (χ1) is 14.5. The van der Waals surface area contributed by atoms with E-state index in [4.69, 9.17) is 0 Å². The van der Waals surface area contributed by atoms with Crippen LogP contribution in [0.1, 0.15) is 118 Å². The zero-order valence-electron chi connectivity index (χ0n) is 21.5. The van der Waals surface area contributed by atoms with E-state index < -0.39 is 0 Å². The molecule has 2 saturated carbocycles. The van der Waals surface area contributed by atoms with Crippen molar-refractivity contribution < 1.29 is 0 Å². The number of nitrogens with zero attached hydrogens (tertiary/aromatic N) is 1. The second kappa shape index (κ2) is 17.2. The van der Waals surface area contributed by atoms with Gasteiger partial charge in [-0.2, -0.15) is 0 Å². The molecule has 0 aromatic heterocycles.